The molecule has 228 valence electrons. The Morgan fingerprint density at radius 3 is 2.32 bits per heavy atom. The second kappa shape index (κ2) is 18.0. The van der Waals surface area contributed by atoms with Crippen molar-refractivity contribution in [3.05, 3.63) is 66.0 Å². The summed E-state index contributed by atoms with van der Waals surface area (Å²) in [6, 6.07) is 7.39. The molecule has 1 aromatic rings. The van der Waals surface area contributed by atoms with Gasteiger partial charge >= 0.3 is 6.09 Å². The third-order valence-electron chi connectivity index (χ3n) is 6.50. The van der Waals surface area contributed by atoms with E-state index in [1.807, 2.05) is 83.7 Å². The molecule has 2 aliphatic rings. The van der Waals surface area contributed by atoms with Crippen molar-refractivity contribution in [3.63, 3.8) is 0 Å². The van der Waals surface area contributed by atoms with E-state index in [9.17, 15) is 14.4 Å². The fourth-order valence-electron chi connectivity index (χ4n) is 4.49. The Balaban J connectivity index is 0.000000641. The van der Waals surface area contributed by atoms with Gasteiger partial charge in [-0.1, -0.05) is 64.6 Å². The fraction of sp³-hybridized carbons (Fsp3) is 0.545. The van der Waals surface area contributed by atoms with Crippen LogP contribution in [0, 0.1) is 5.92 Å². The number of phenolic OH excluding ortho intramolecular Hbond substituents is 1. The number of amides is 2. The summed E-state index contributed by atoms with van der Waals surface area (Å²) in [5.41, 5.74) is 1.84. The molecule has 3 rings (SSSR count). The number of likely N-dealkylation sites (tertiary alicyclic amines) is 1. The van der Waals surface area contributed by atoms with E-state index in [-0.39, 0.29) is 17.9 Å². The normalized spacial score (nSPS) is 17.7. The van der Waals surface area contributed by atoms with E-state index in [0.29, 0.717) is 44.2 Å². The Labute approximate surface area is 247 Å². The van der Waals surface area contributed by atoms with Gasteiger partial charge in [0.2, 0.25) is 5.91 Å². The van der Waals surface area contributed by atoms with E-state index >= 15 is 0 Å². The molecule has 1 unspecified atom stereocenters. The maximum Gasteiger partial charge on any atom is 0.410 e. The van der Waals surface area contributed by atoms with Crippen LogP contribution in [-0.4, -0.2) is 76.4 Å². The first-order chi connectivity index (χ1) is 19.5. The number of phenols is 1. The van der Waals surface area contributed by atoms with Gasteiger partial charge in [-0.3, -0.25) is 9.59 Å². The number of aromatic hydroxyl groups is 1. The van der Waals surface area contributed by atoms with Crippen molar-refractivity contribution >= 4 is 18.3 Å². The molecular weight excluding hydrogens is 518 g/mol. The van der Waals surface area contributed by atoms with Crippen molar-refractivity contribution in [2.75, 3.05) is 32.7 Å². The van der Waals surface area contributed by atoms with Gasteiger partial charge in [-0.05, 0) is 70.1 Å². The molecule has 2 heterocycles. The number of hydrogen-bond acceptors (Lipinski definition) is 6. The van der Waals surface area contributed by atoms with E-state index < -0.39 is 5.60 Å². The minimum absolute atomic E-state index is 0.0719. The molecule has 8 nitrogen and oxygen atoms in total. The monoisotopic (exact) mass is 569 g/mol. The molecule has 0 aromatic heterocycles. The van der Waals surface area contributed by atoms with Crippen LogP contribution in [0.4, 0.5) is 4.79 Å². The van der Waals surface area contributed by atoms with Gasteiger partial charge in [0, 0.05) is 31.9 Å². The van der Waals surface area contributed by atoms with Crippen LogP contribution in [-0.2, 0) is 20.7 Å². The topological polar surface area (TPSA) is 90.4 Å². The molecule has 0 spiro atoms. The van der Waals surface area contributed by atoms with E-state index in [0.717, 1.165) is 43.2 Å². The number of aryl methyl sites for hydroxylation is 1. The average molecular weight is 570 g/mol. The van der Waals surface area contributed by atoms with Crippen LogP contribution in [0.5, 0.6) is 5.75 Å². The molecular formula is C33H51N3O5. The van der Waals surface area contributed by atoms with Crippen molar-refractivity contribution < 1.29 is 24.2 Å². The predicted molar refractivity (Wildman–Crippen MR) is 165 cm³/mol. The number of ether oxygens (including phenoxy) is 1. The van der Waals surface area contributed by atoms with Crippen LogP contribution in [0.15, 0.2) is 60.5 Å². The molecule has 0 radical (unpaired) electrons. The molecule has 0 bridgehead atoms. The molecule has 1 atom stereocenters. The van der Waals surface area contributed by atoms with E-state index in [2.05, 4.69) is 6.58 Å². The summed E-state index contributed by atoms with van der Waals surface area (Å²) in [5.74, 6) is 0.464. The lowest BCUT2D eigenvalue weighted by atomic mass is 9.98. The van der Waals surface area contributed by atoms with Gasteiger partial charge in [0.1, 0.15) is 11.4 Å². The Hall–Kier alpha value is -3.55. The van der Waals surface area contributed by atoms with Crippen molar-refractivity contribution in [3.8, 4) is 5.75 Å². The van der Waals surface area contributed by atoms with Crippen molar-refractivity contribution in [1.82, 2.24) is 14.7 Å². The highest BCUT2D eigenvalue weighted by Gasteiger charge is 2.28. The second-order valence-corrected chi connectivity index (χ2v) is 10.8. The SMILES string of the molecule is C=C1CN(C(=O)/C=C/C2CCCN(C(=O)OC(C)(C)C)C2)CCN1/C(C=O)=C\CC.CC.CCc1ccccc1O. The van der Waals surface area contributed by atoms with Crippen molar-refractivity contribution in [1.29, 1.82) is 0 Å². The Bertz CT molecular complexity index is 1060. The fourth-order valence-corrected chi connectivity index (χ4v) is 4.49. The lowest BCUT2D eigenvalue weighted by Gasteiger charge is -2.37. The maximum absolute atomic E-state index is 12.7. The predicted octanol–water partition coefficient (Wildman–Crippen LogP) is 6.32. The summed E-state index contributed by atoms with van der Waals surface area (Å²) in [6.45, 7) is 20.3. The largest absolute Gasteiger partial charge is 0.508 e. The molecule has 2 saturated heterocycles. The highest BCUT2D eigenvalue weighted by Crippen LogP contribution is 2.21. The van der Waals surface area contributed by atoms with Crippen LogP contribution in [0.2, 0.25) is 0 Å². The Morgan fingerprint density at radius 1 is 1.10 bits per heavy atom. The zero-order valence-corrected chi connectivity index (χ0v) is 26.2. The first-order valence-electron chi connectivity index (χ1n) is 14.8. The number of carbonyl (C=O) groups is 3. The Morgan fingerprint density at radius 2 is 1.78 bits per heavy atom. The quantitative estimate of drug-likeness (QED) is 0.318. The summed E-state index contributed by atoms with van der Waals surface area (Å²) < 4.78 is 5.46. The first kappa shape index (κ1) is 35.5. The molecule has 41 heavy (non-hydrogen) atoms. The maximum atomic E-state index is 12.7. The smallest absolute Gasteiger partial charge is 0.410 e. The van der Waals surface area contributed by atoms with Crippen molar-refractivity contribution in [2.45, 2.75) is 79.8 Å². The Kier molecular flexibility index (Phi) is 15.6. The highest BCUT2D eigenvalue weighted by atomic mass is 16.6. The van der Waals surface area contributed by atoms with E-state index in [4.69, 9.17) is 9.84 Å². The van der Waals surface area contributed by atoms with Crippen molar-refractivity contribution in [2.24, 2.45) is 5.92 Å². The van der Waals surface area contributed by atoms with Gasteiger partial charge in [0.15, 0.2) is 6.29 Å². The van der Waals surface area contributed by atoms with Crippen LogP contribution in [0.25, 0.3) is 0 Å². The molecule has 1 aromatic carbocycles. The number of nitrogens with zero attached hydrogens (tertiary/aromatic N) is 3. The number of para-hydroxylation sites is 1. The van der Waals surface area contributed by atoms with Crippen LogP contribution in [0.1, 0.15) is 73.3 Å². The lowest BCUT2D eigenvalue weighted by Crippen LogP contribution is -2.46. The average Bonchev–Trinajstić information content (AvgIpc) is 2.95. The molecule has 2 aliphatic heterocycles. The van der Waals surface area contributed by atoms with Gasteiger partial charge in [-0.15, -0.1) is 0 Å². The molecule has 0 saturated carbocycles. The number of piperazine rings is 1. The molecule has 0 aliphatic carbocycles. The zero-order chi connectivity index (χ0) is 31.0. The third kappa shape index (κ3) is 12.2. The van der Waals surface area contributed by atoms with E-state index in [1.54, 1.807) is 21.9 Å². The lowest BCUT2D eigenvalue weighted by molar-refractivity contribution is -0.126. The minimum atomic E-state index is -0.517. The van der Waals surface area contributed by atoms with Crippen LogP contribution >= 0.6 is 0 Å². The van der Waals surface area contributed by atoms with Gasteiger partial charge in [0.05, 0.1) is 12.2 Å². The van der Waals surface area contributed by atoms with Gasteiger partial charge < -0.3 is 24.5 Å². The number of rotatable bonds is 6. The van der Waals surface area contributed by atoms with Crippen LogP contribution < -0.4 is 0 Å². The number of carbonyl (C=O) groups excluding carboxylic acids is 3. The highest BCUT2D eigenvalue weighted by molar-refractivity contribution is 5.88. The summed E-state index contributed by atoms with van der Waals surface area (Å²) in [4.78, 5) is 41.6. The molecule has 8 heteroatoms. The van der Waals surface area contributed by atoms with Gasteiger partial charge in [0.25, 0.3) is 0 Å². The summed E-state index contributed by atoms with van der Waals surface area (Å²) in [5, 5.41) is 9.11. The second-order valence-electron chi connectivity index (χ2n) is 10.8. The standard InChI is InChI=1S/C23H35N3O4.C8H10O.C2H6/c1-6-8-20(17-27)26-14-13-24(15-18(26)2)21(28)11-10-19-9-7-12-25(16-19)22(29)30-23(3,4)5;1-2-7-5-3-4-6-8(7)9;1-2/h8,10-11,17,19H,2,6-7,9,12-16H2,1,3-5H3;3-6,9H,2H2,1H3;1-2H3/b11-10+,20-8-;;. The molecule has 2 amide bonds. The number of benzene rings is 1. The third-order valence-corrected chi connectivity index (χ3v) is 6.50. The number of allylic oxidation sites excluding steroid dienone is 2. The number of hydrogen-bond donors (Lipinski definition) is 1. The molecule has 1 N–H and O–H groups in total. The van der Waals surface area contributed by atoms with E-state index in [1.165, 1.54) is 0 Å². The zero-order valence-electron chi connectivity index (χ0n) is 26.2. The van der Waals surface area contributed by atoms with Gasteiger partial charge in [-0.2, -0.15) is 0 Å². The summed E-state index contributed by atoms with van der Waals surface area (Å²) in [6.07, 6.45) is 9.41. The van der Waals surface area contributed by atoms with Crippen LogP contribution in [0.3, 0.4) is 0 Å². The van der Waals surface area contributed by atoms with Gasteiger partial charge in [-0.25, -0.2) is 4.79 Å². The minimum Gasteiger partial charge on any atom is -0.508 e. The summed E-state index contributed by atoms with van der Waals surface area (Å²) in [7, 11) is 0. The number of piperidine rings is 1. The summed E-state index contributed by atoms with van der Waals surface area (Å²) >= 11 is 0. The molecule has 2 fully saturated rings. The first-order valence-corrected chi connectivity index (χ1v) is 14.8. The number of aldehydes is 1.